The molecule has 4 aromatic carbocycles. The molecule has 0 bridgehead atoms. The molecule has 38 heavy (non-hydrogen) atoms. The molecule has 0 unspecified atom stereocenters. The predicted octanol–water partition coefficient (Wildman–Crippen LogP) is 5.68. The zero-order valence-electron chi connectivity index (χ0n) is 22.1. The van der Waals surface area contributed by atoms with Crippen LogP contribution in [0.25, 0.3) is 22.3 Å². The normalized spacial score (nSPS) is 13.2. The van der Waals surface area contributed by atoms with Gasteiger partial charge in [-0.05, 0) is 0 Å². The molecule has 6 rings (SSSR count). The first-order valence-corrected chi connectivity index (χ1v) is 20.7. The van der Waals surface area contributed by atoms with Gasteiger partial charge < -0.3 is 0 Å². The van der Waals surface area contributed by atoms with E-state index in [2.05, 4.69) is 85.9 Å². The van der Waals surface area contributed by atoms with Gasteiger partial charge in [0.1, 0.15) is 0 Å². The van der Waals surface area contributed by atoms with E-state index in [1.54, 1.807) is 0 Å². The molecule has 4 nitrogen and oxygen atoms in total. The Bertz CT molecular complexity index is 1620. The van der Waals surface area contributed by atoms with E-state index in [1.165, 1.54) is 36.1 Å². The molecule has 0 spiro atoms. The van der Waals surface area contributed by atoms with Crippen LogP contribution in [0, 0.1) is 0 Å². The fourth-order valence-electron chi connectivity index (χ4n) is 6.84. The molecule has 0 atom stereocenters. The third-order valence-electron chi connectivity index (χ3n) is 8.27. The van der Waals surface area contributed by atoms with E-state index < -0.39 is 32.9 Å². The molecule has 0 aliphatic heterocycles. The van der Waals surface area contributed by atoms with Crippen LogP contribution in [-0.2, 0) is 43.9 Å². The third-order valence-corrected chi connectivity index (χ3v) is 28.3. The van der Waals surface area contributed by atoms with E-state index in [0.29, 0.717) is 12.8 Å². The number of benzene rings is 4. The molecule has 0 aromatic heterocycles. The van der Waals surface area contributed by atoms with Crippen molar-refractivity contribution in [1.82, 2.24) is 0 Å². The van der Waals surface area contributed by atoms with Crippen molar-refractivity contribution < 1.29 is 31.0 Å². The number of hydrogen-bond acceptors (Lipinski definition) is 4. The fourth-order valence-corrected chi connectivity index (χ4v) is 25.0. The molecule has 0 saturated heterocycles. The van der Waals surface area contributed by atoms with Gasteiger partial charge in [-0.1, -0.05) is 0 Å². The Morgan fingerprint density at radius 2 is 1.00 bits per heavy atom. The second-order valence-electron chi connectivity index (χ2n) is 10.6. The quantitative estimate of drug-likeness (QED) is 0.263. The van der Waals surface area contributed by atoms with Gasteiger partial charge in [0.25, 0.3) is 0 Å². The van der Waals surface area contributed by atoms with Crippen molar-refractivity contribution in [2.45, 2.75) is 39.8 Å². The SMILES string of the molecule is CC(=O)[O][Ti]([O]C(C)=O)([c]1cccc2c1Cc1ccccc1-2)([c]1cccc2c1Cc1ccccc1-2)=[Si](C)C. The Labute approximate surface area is 225 Å². The summed E-state index contributed by atoms with van der Waals surface area (Å²) in [6.45, 7) is 7.20. The second-order valence-corrected chi connectivity index (χ2v) is 26.7. The minimum atomic E-state index is -5.35. The van der Waals surface area contributed by atoms with Crippen LogP contribution in [0.5, 0.6) is 0 Å². The van der Waals surface area contributed by atoms with Crippen LogP contribution in [0.15, 0.2) is 84.9 Å². The van der Waals surface area contributed by atoms with Gasteiger partial charge in [0.05, 0.1) is 0 Å². The van der Waals surface area contributed by atoms with Gasteiger partial charge >= 0.3 is 226 Å². The van der Waals surface area contributed by atoms with Crippen LogP contribution in [0.1, 0.15) is 36.1 Å². The van der Waals surface area contributed by atoms with E-state index in [0.717, 1.165) is 30.0 Å². The van der Waals surface area contributed by atoms with Crippen LogP contribution in [-0.4, -0.2) is 18.1 Å². The van der Waals surface area contributed by atoms with E-state index in [9.17, 15) is 9.59 Å². The summed E-state index contributed by atoms with van der Waals surface area (Å²) in [6.07, 6.45) is -0.163. The Morgan fingerprint density at radius 1 is 0.605 bits per heavy atom. The summed E-state index contributed by atoms with van der Waals surface area (Å²) in [4.78, 5) is 26.4. The van der Waals surface area contributed by atoms with Crippen LogP contribution in [0.4, 0.5) is 0 Å². The molecule has 4 aromatic rings. The zero-order valence-corrected chi connectivity index (χ0v) is 24.7. The average molecular weight is 555 g/mol. The van der Waals surface area contributed by atoms with Crippen LogP contribution < -0.4 is 7.74 Å². The summed E-state index contributed by atoms with van der Waals surface area (Å²) in [6, 6.07) is 29.3. The van der Waals surface area contributed by atoms with Gasteiger partial charge in [0, 0.05) is 0 Å². The molecule has 2 aliphatic rings. The summed E-state index contributed by atoms with van der Waals surface area (Å²) in [7, 11) is 0. The molecule has 0 N–H and O–H groups in total. The molecule has 0 saturated carbocycles. The second kappa shape index (κ2) is 8.91. The average Bonchev–Trinajstić information content (AvgIpc) is 3.46. The monoisotopic (exact) mass is 554 g/mol. The van der Waals surface area contributed by atoms with Crippen molar-refractivity contribution in [3.63, 3.8) is 0 Å². The number of hydrogen-bond donors (Lipinski definition) is 0. The Balaban J connectivity index is 1.79. The first-order valence-electron chi connectivity index (χ1n) is 13.0. The Kier molecular flexibility index (Phi) is 5.87. The van der Waals surface area contributed by atoms with Gasteiger partial charge in [0.2, 0.25) is 0 Å². The van der Waals surface area contributed by atoms with Gasteiger partial charge in [-0.2, -0.15) is 0 Å². The molecular weight excluding hydrogens is 524 g/mol. The molecule has 2 aliphatic carbocycles. The van der Waals surface area contributed by atoms with Gasteiger partial charge in [-0.15, -0.1) is 0 Å². The molecule has 0 amide bonds. The topological polar surface area (TPSA) is 52.6 Å². The van der Waals surface area contributed by atoms with Crippen molar-refractivity contribution in [3.8, 4) is 22.3 Å². The Morgan fingerprint density at radius 3 is 1.39 bits per heavy atom. The van der Waals surface area contributed by atoms with Gasteiger partial charge in [0.15, 0.2) is 0 Å². The third kappa shape index (κ3) is 3.39. The van der Waals surface area contributed by atoms with Crippen molar-refractivity contribution in [1.29, 1.82) is 0 Å². The molecule has 6 heteroatoms. The van der Waals surface area contributed by atoms with Crippen molar-refractivity contribution in [2.75, 3.05) is 0 Å². The summed E-state index contributed by atoms with van der Waals surface area (Å²) in [5.74, 6) is -0.814. The van der Waals surface area contributed by atoms with Crippen molar-refractivity contribution in [3.05, 3.63) is 107 Å². The van der Waals surface area contributed by atoms with E-state index in [1.807, 2.05) is 12.1 Å². The van der Waals surface area contributed by atoms with Gasteiger partial charge in [-0.3, -0.25) is 0 Å². The summed E-state index contributed by atoms with van der Waals surface area (Å²) < 4.78 is 15.4. The van der Waals surface area contributed by atoms with Crippen LogP contribution >= 0.6 is 0 Å². The van der Waals surface area contributed by atoms with Crippen LogP contribution in [0.3, 0.4) is 0 Å². The van der Waals surface area contributed by atoms with E-state index >= 15 is 0 Å². The summed E-state index contributed by atoms with van der Waals surface area (Å²) >= 11 is -5.35. The number of carbonyl (C=O) groups excluding carboxylic acids is 2. The first kappa shape index (κ1) is 25.1. The van der Waals surface area contributed by atoms with E-state index in [4.69, 9.17) is 6.64 Å². The Hall–Kier alpha value is -3.25. The number of rotatable bonds is 4. The first-order chi connectivity index (χ1) is 18.3. The fraction of sp³-hybridized carbons (Fsp3) is 0.188. The predicted molar refractivity (Wildman–Crippen MR) is 150 cm³/mol. The van der Waals surface area contributed by atoms with Gasteiger partial charge in [-0.25, -0.2) is 0 Å². The minimum absolute atomic E-state index is 0.407. The number of fused-ring (bicyclic) bond motifs is 6. The maximum absolute atomic E-state index is 13.2. The molecule has 190 valence electrons. The number of carbonyl (C=O) groups is 2. The van der Waals surface area contributed by atoms with Crippen LogP contribution in [0.2, 0.25) is 13.1 Å². The molecule has 0 heterocycles. The molecule has 0 radical (unpaired) electrons. The zero-order chi connectivity index (χ0) is 26.7. The van der Waals surface area contributed by atoms with Crippen molar-refractivity contribution >= 4 is 25.9 Å². The summed E-state index contributed by atoms with van der Waals surface area (Å²) in [5, 5.41) is 0. The van der Waals surface area contributed by atoms with Crippen molar-refractivity contribution in [2.24, 2.45) is 0 Å². The molecule has 0 fully saturated rings. The standard InChI is InChI=1S/2C13H9.2C2H4O2.C2H6Si.Ti/c2*1-3-7-12-10(5-1)9-11-6-2-4-8-13(11)12;2*1-2(3)4;1-3-2;/h2*1-5,7-8H,9H2;2*1H3,(H,3,4);1-2H3;/q;;;;;+2/p-2. The van der Waals surface area contributed by atoms with E-state index in [-0.39, 0.29) is 0 Å². The summed E-state index contributed by atoms with van der Waals surface area (Å²) in [5.41, 5.74) is 9.35. The molecular formula is C32H30O4SiTi. The maximum atomic E-state index is 13.2.